The Morgan fingerprint density at radius 2 is 1.44 bits per heavy atom. The highest BCUT2D eigenvalue weighted by Gasteiger charge is 2.16. The topological polar surface area (TPSA) is 86.2 Å². The van der Waals surface area contributed by atoms with E-state index in [0.717, 1.165) is 16.3 Å². The number of hydrogen-bond donors (Lipinski definition) is 1. The first-order chi connectivity index (χ1) is 20.1. The number of benzene rings is 5. The zero-order chi connectivity index (χ0) is 28.4. The monoisotopic (exact) mass is 544 g/mol. The van der Waals surface area contributed by atoms with E-state index in [4.69, 9.17) is 14.2 Å². The van der Waals surface area contributed by atoms with E-state index in [0.29, 0.717) is 35.0 Å². The highest BCUT2D eigenvalue weighted by molar-refractivity contribution is 6.04. The van der Waals surface area contributed by atoms with Gasteiger partial charge in [0.2, 0.25) is 0 Å². The predicted molar refractivity (Wildman–Crippen MR) is 158 cm³/mol. The third-order valence-corrected chi connectivity index (χ3v) is 6.27. The molecule has 204 valence electrons. The maximum Gasteiger partial charge on any atom is 0.343 e. The van der Waals surface area contributed by atoms with Gasteiger partial charge in [-0.1, -0.05) is 78.9 Å². The Hall–Kier alpha value is -5.43. The van der Waals surface area contributed by atoms with Gasteiger partial charge in [0.25, 0.3) is 5.91 Å². The van der Waals surface area contributed by atoms with E-state index in [1.807, 2.05) is 66.7 Å². The van der Waals surface area contributed by atoms with E-state index in [-0.39, 0.29) is 0 Å². The predicted octanol–water partition coefficient (Wildman–Crippen LogP) is 6.56. The second kappa shape index (κ2) is 13.1. The van der Waals surface area contributed by atoms with E-state index in [2.05, 4.69) is 10.5 Å². The molecule has 1 amide bonds. The molecule has 5 aromatic rings. The van der Waals surface area contributed by atoms with Crippen molar-refractivity contribution >= 4 is 28.9 Å². The molecular weight excluding hydrogens is 516 g/mol. The minimum atomic E-state index is -0.814. The Bertz CT molecular complexity index is 1650. The summed E-state index contributed by atoms with van der Waals surface area (Å²) in [5.74, 6) is 0.621. The molecule has 41 heavy (non-hydrogen) atoms. The maximum absolute atomic E-state index is 12.7. The number of ether oxygens (including phenoxy) is 3. The van der Waals surface area contributed by atoms with Crippen LogP contribution in [0.5, 0.6) is 17.2 Å². The number of hydrogen-bond acceptors (Lipinski definition) is 6. The third kappa shape index (κ3) is 7.16. The normalized spacial score (nSPS) is 11.6. The molecule has 0 aromatic heterocycles. The summed E-state index contributed by atoms with van der Waals surface area (Å²) < 4.78 is 17.3. The number of nitrogens with zero attached hydrogens (tertiary/aromatic N) is 1. The molecule has 0 fully saturated rings. The number of esters is 1. The standard InChI is InChI=1S/C34H28N2O5/c1-24(40-29-19-17-28(18-20-29)39-23-25-10-4-2-5-11-25)33(37)36-35-22-31-30-15-9-8-12-26(30)16-21-32(31)41-34(38)27-13-6-3-7-14-27/h2-22,24H,23H2,1H3,(H,36,37)/b35-22+. The Balaban J connectivity index is 1.22. The maximum atomic E-state index is 12.7. The molecule has 7 heteroatoms. The second-order valence-electron chi connectivity index (χ2n) is 9.19. The molecule has 0 bridgehead atoms. The summed E-state index contributed by atoms with van der Waals surface area (Å²) in [5, 5.41) is 5.91. The van der Waals surface area contributed by atoms with Crippen LogP contribution in [-0.4, -0.2) is 24.2 Å². The molecule has 1 atom stereocenters. The van der Waals surface area contributed by atoms with E-state index < -0.39 is 18.0 Å². The van der Waals surface area contributed by atoms with Gasteiger partial charge in [0, 0.05) is 5.56 Å². The van der Waals surface area contributed by atoms with Gasteiger partial charge < -0.3 is 14.2 Å². The van der Waals surface area contributed by atoms with Crippen LogP contribution in [0, 0.1) is 0 Å². The van der Waals surface area contributed by atoms with Crippen LogP contribution < -0.4 is 19.6 Å². The molecule has 1 N–H and O–H groups in total. The van der Waals surface area contributed by atoms with E-state index >= 15 is 0 Å². The zero-order valence-electron chi connectivity index (χ0n) is 22.4. The summed E-state index contributed by atoms with van der Waals surface area (Å²) in [6, 6.07) is 36.9. The van der Waals surface area contributed by atoms with Gasteiger partial charge in [-0.2, -0.15) is 5.10 Å². The van der Waals surface area contributed by atoms with Gasteiger partial charge in [-0.3, -0.25) is 4.79 Å². The van der Waals surface area contributed by atoms with Crippen LogP contribution >= 0.6 is 0 Å². The molecule has 5 rings (SSSR count). The van der Waals surface area contributed by atoms with Gasteiger partial charge in [0.05, 0.1) is 11.8 Å². The molecule has 0 radical (unpaired) electrons. The quantitative estimate of drug-likeness (QED) is 0.0932. The lowest BCUT2D eigenvalue weighted by Gasteiger charge is -2.14. The average Bonchev–Trinajstić information content (AvgIpc) is 3.02. The fourth-order valence-corrected chi connectivity index (χ4v) is 4.10. The van der Waals surface area contributed by atoms with Gasteiger partial charge in [-0.05, 0) is 65.7 Å². The van der Waals surface area contributed by atoms with Crippen LogP contribution in [-0.2, 0) is 11.4 Å². The van der Waals surface area contributed by atoms with Crippen molar-refractivity contribution in [3.05, 3.63) is 138 Å². The van der Waals surface area contributed by atoms with Gasteiger partial charge in [-0.25, -0.2) is 10.2 Å². The van der Waals surface area contributed by atoms with E-state index in [1.165, 1.54) is 6.21 Å². The number of amides is 1. The molecule has 0 aliphatic rings. The van der Waals surface area contributed by atoms with Crippen LogP contribution in [0.2, 0.25) is 0 Å². The Morgan fingerprint density at radius 1 is 0.780 bits per heavy atom. The molecule has 0 aliphatic heterocycles. The number of carbonyl (C=O) groups is 2. The van der Waals surface area contributed by atoms with Gasteiger partial charge in [-0.15, -0.1) is 0 Å². The molecule has 0 aliphatic carbocycles. The Kier molecular flexibility index (Phi) is 8.66. The summed E-state index contributed by atoms with van der Waals surface area (Å²) in [6.45, 7) is 2.09. The number of nitrogens with one attached hydrogen (secondary N) is 1. The van der Waals surface area contributed by atoms with Crippen molar-refractivity contribution in [3.63, 3.8) is 0 Å². The molecule has 0 spiro atoms. The van der Waals surface area contributed by atoms with E-state index in [1.54, 1.807) is 61.5 Å². The minimum absolute atomic E-state index is 0.328. The third-order valence-electron chi connectivity index (χ3n) is 6.27. The van der Waals surface area contributed by atoms with E-state index in [9.17, 15) is 9.59 Å². The second-order valence-corrected chi connectivity index (χ2v) is 9.19. The van der Waals surface area contributed by atoms with Crippen molar-refractivity contribution in [1.29, 1.82) is 0 Å². The van der Waals surface area contributed by atoms with Crippen molar-refractivity contribution < 1.29 is 23.8 Å². The van der Waals surface area contributed by atoms with Crippen LogP contribution in [0.1, 0.15) is 28.4 Å². The lowest BCUT2D eigenvalue weighted by atomic mass is 10.0. The fraction of sp³-hybridized carbons (Fsp3) is 0.0882. The Morgan fingerprint density at radius 3 is 2.20 bits per heavy atom. The molecule has 1 unspecified atom stereocenters. The van der Waals surface area contributed by atoms with Crippen molar-refractivity contribution in [2.24, 2.45) is 5.10 Å². The SMILES string of the molecule is CC(Oc1ccc(OCc2ccccc2)cc1)C(=O)N/N=C/c1c(OC(=O)c2ccccc2)ccc2ccccc12. The minimum Gasteiger partial charge on any atom is -0.489 e. The lowest BCUT2D eigenvalue weighted by molar-refractivity contribution is -0.127. The first-order valence-electron chi connectivity index (χ1n) is 13.1. The van der Waals surface area contributed by atoms with Crippen LogP contribution in [0.25, 0.3) is 10.8 Å². The zero-order valence-corrected chi connectivity index (χ0v) is 22.4. The van der Waals surface area contributed by atoms with Crippen LogP contribution in [0.4, 0.5) is 0 Å². The van der Waals surface area contributed by atoms with Gasteiger partial charge in [0.1, 0.15) is 23.9 Å². The highest BCUT2D eigenvalue weighted by Crippen LogP contribution is 2.27. The van der Waals surface area contributed by atoms with Crippen molar-refractivity contribution in [3.8, 4) is 17.2 Å². The number of fused-ring (bicyclic) bond motifs is 1. The summed E-state index contributed by atoms with van der Waals surface area (Å²) in [7, 11) is 0. The molecule has 5 aromatic carbocycles. The molecule has 0 heterocycles. The van der Waals surface area contributed by atoms with Crippen molar-refractivity contribution in [1.82, 2.24) is 5.43 Å². The van der Waals surface area contributed by atoms with Crippen LogP contribution in [0.3, 0.4) is 0 Å². The average molecular weight is 545 g/mol. The van der Waals surface area contributed by atoms with Gasteiger partial charge in [0.15, 0.2) is 6.10 Å². The molecule has 7 nitrogen and oxygen atoms in total. The fourth-order valence-electron chi connectivity index (χ4n) is 4.10. The largest absolute Gasteiger partial charge is 0.489 e. The first-order valence-corrected chi connectivity index (χ1v) is 13.1. The highest BCUT2D eigenvalue weighted by atomic mass is 16.5. The van der Waals surface area contributed by atoms with Gasteiger partial charge >= 0.3 is 5.97 Å². The van der Waals surface area contributed by atoms with Crippen LogP contribution in [0.15, 0.2) is 126 Å². The summed E-state index contributed by atoms with van der Waals surface area (Å²) >= 11 is 0. The molecule has 0 saturated heterocycles. The summed E-state index contributed by atoms with van der Waals surface area (Å²) in [4.78, 5) is 25.4. The Labute approximate surface area is 238 Å². The number of hydrazone groups is 1. The summed E-state index contributed by atoms with van der Waals surface area (Å²) in [6.07, 6.45) is 0.658. The summed E-state index contributed by atoms with van der Waals surface area (Å²) in [5.41, 5.74) is 4.58. The van der Waals surface area contributed by atoms with Crippen molar-refractivity contribution in [2.45, 2.75) is 19.6 Å². The smallest absolute Gasteiger partial charge is 0.343 e. The number of carbonyl (C=O) groups excluding carboxylic acids is 2. The molecule has 0 saturated carbocycles. The lowest BCUT2D eigenvalue weighted by Crippen LogP contribution is -2.33. The molecular formula is C34H28N2O5. The van der Waals surface area contributed by atoms with Crippen molar-refractivity contribution in [2.75, 3.05) is 0 Å². The number of rotatable bonds is 10. The first kappa shape index (κ1) is 27.1.